The Morgan fingerprint density at radius 2 is 2.05 bits per heavy atom. The van der Waals surface area contributed by atoms with Gasteiger partial charge in [0.25, 0.3) is 0 Å². The molecule has 2 fully saturated rings. The third kappa shape index (κ3) is 1.61. The summed E-state index contributed by atoms with van der Waals surface area (Å²) in [6.07, 6.45) is 3.76. The number of nitrogens with zero attached hydrogens (tertiary/aromatic N) is 2. The number of fused-ring (bicyclic) bond motifs is 6. The van der Waals surface area contributed by atoms with Gasteiger partial charge in [0.05, 0.1) is 16.4 Å². The first-order valence-corrected chi connectivity index (χ1v) is 7.86. The number of piperidine rings is 1. The Labute approximate surface area is 129 Å². The molecular weight excluding hydrogens is 291 g/mol. The number of aliphatic imine (C=N–C) groups is 1. The van der Waals surface area contributed by atoms with Gasteiger partial charge >= 0.3 is 0 Å². The van der Waals surface area contributed by atoms with Gasteiger partial charge < -0.3 is 4.90 Å². The van der Waals surface area contributed by atoms with Crippen molar-refractivity contribution in [1.29, 1.82) is 0 Å². The number of hydrogen-bond donors (Lipinski definition) is 0. The van der Waals surface area contributed by atoms with Crippen LogP contribution in [-0.2, 0) is 0 Å². The van der Waals surface area contributed by atoms with Crippen LogP contribution in [0.15, 0.2) is 22.7 Å². The van der Waals surface area contributed by atoms with Gasteiger partial charge in [-0.3, -0.25) is 0 Å². The highest BCUT2D eigenvalue weighted by atomic mass is 35.5. The third-order valence-electron chi connectivity index (χ3n) is 4.60. The van der Waals surface area contributed by atoms with E-state index in [9.17, 15) is 0 Å². The summed E-state index contributed by atoms with van der Waals surface area (Å²) in [6, 6.07) is 4.35. The summed E-state index contributed by atoms with van der Waals surface area (Å²) in [5, 5.41) is 1.36. The molecule has 2 nitrogen and oxygen atoms in total. The number of halogens is 2. The molecule has 0 aromatic heterocycles. The first-order valence-electron chi connectivity index (χ1n) is 7.11. The molecule has 4 heteroatoms. The van der Waals surface area contributed by atoms with E-state index in [0.717, 1.165) is 11.3 Å². The molecular formula is C16H16Cl2N2. The van der Waals surface area contributed by atoms with Crippen molar-refractivity contribution >= 4 is 40.4 Å². The molecule has 2 atom stereocenters. The van der Waals surface area contributed by atoms with Crippen LogP contribution in [0.4, 0.5) is 5.69 Å². The Kier molecular flexibility index (Phi) is 2.71. The van der Waals surface area contributed by atoms with Gasteiger partial charge in [0.1, 0.15) is 5.84 Å². The van der Waals surface area contributed by atoms with Crippen molar-refractivity contribution in [1.82, 2.24) is 4.90 Å². The van der Waals surface area contributed by atoms with Gasteiger partial charge in [-0.05, 0) is 45.2 Å². The second kappa shape index (κ2) is 4.25. The summed E-state index contributed by atoms with van der Waals surface area (Å²) in [4.78, 5) is 7.32. The molecule has 20 heavy (non-hydrogen) atoms. The van der Waals surface area contributed by atoms with Crippen LogP contribution in [-0.4, -0.2) is 16.8 Å². The number of amidine groups is 1. The molecule has 1 aromatic rings. The van der Waals surface area contributed by atoms with Crippen molar-refractivity contribution in [3.8, 4) is 0 Å². The summed E-state index contributed by atoms with van der Waals surface area (Å²) in [6.45, 7) is 4.30. The summed E-state index contributed by atoms with van der Waals surface area (Å²) < 4.78 is 0. The van der Waals surface area contributed by atoms with Crippen LogP contribution in [0, 0.1) is 5.92 Å². The van der Waals surface area contributed by atoms with E-state index >= 15 is 0 Å². The molecule has 3 aliphatic rings. The highest BCUT2D eigenvalue weighted by Gasteiger charge is 2.47. The number of hydrogen-bond acceptors (Lipinski definition) is 2. The maximum absolute atomic E-state index is 6.46. The fourth-order valence-corrected chi connectivity index (χ4v) is 4.44. The first kappa shape index (κ1) is 12.7. The zero-order chi connectivity index (χ0) is 14.0. The largest absolute Gasteiger partial charge is 0.326 e. The van der Waals surface area contributed by atoms with Gasteiger partial charge in [0, 0.05) is 22.5 Å². The van der Waals surface area contributed by atoms with Gasteiger partial charge in [-0.1, -0.05) is 28.8 Å². The molecule has 104 valence electrons. The minimum Gasteiger partial charge on any atom is -0.326 e. The standard InChI is InChI=1S/C16H16Cl2N2/c1-8(2)15-14-12(18)6-10(17)7-13(14)19-16-9-3-4-11(5-9)20(15)16/h6-7,9,11H,3-5H2,1-2H3. The molecule has 0 radical (unpaired) electrons. The smallest absolute Gasteiger partial charge is 0.113 e. The fraction of sp³-hybridized carbons (Fsp3) is 0.438. The zero-order valence-corrected chi connectivity index (χ0v) is 13.1. The van der Waals surface area contributed by atoms with Crippen LogP contribution in [0.1, 0.15) is 38.7 Å². The maximum atomic E-state index is 6.46. The Bertz CT molecular complexity index is 671. The van der Waals surface area contributed by atoms with E-state index in [1.54, 1.807) is 0 Å². The Balaban J connectivity index is 2.02. The van der Waals surface area contributed by atoms with Crippen LogP contribution in [0.3, 0.4) is 0 Å². The second-order valence-electron chi connectivity index (χ2n) is 6.13. The molecule has 4 rings (SSSR count). The summed E-state index contributed by atoms with van der Waals surface area (Å²) in [5.41, 5.74) is 4.51. The molecule has 1 aliphatic carbocycles. The Morgan fingerprint density at radius 1 is 1.25 bits per heavy atom. The highest BCUT2D eigenvalue weighted by Crippen LogP contribution is 2.51. The summed E-state index contributed by atoms with van der Waals surface area (Å²) in [7, 11) is 0. The Hall–Kier alpha value is -0.990. The van der Waals surface area contributed by atoms with Crippen LogP contribution >= 0.6 is 23.2 Å². The fourth-order valence-electron chi connectivity index (χ4n) is 3.87. The molecule has 1 aromatic carbocycles. The molecule has 0 amide bonds. The number of rotatable bonds is 0. The first-order chi connectivity index (χ1) is 9.56. The number of allylic oxidation sites excluding steroid dienone is 1. The molecule has 1 saturated carbocycles. The van der Waals surface area contributed by atoms with Gasteiger partial charge in [0.2, 0.25) is 0 Å². The minimum absolute atomic E-state index is 0.601. The summed E-state index contributed by atoms with van der Waals surface area (Å²) >= 11 is 12.6. The molecule has 0 N–H and O–H groups in total. The molecule has 0 spiro atoms. The van der Waals surface area contributed by atoms with Crippen LogP contribution < -0.4 is 0 Å². The third-order valence-corrected chi connectivity index (χ3v) is 5.12. The van der Waals surface area contributed by atoms with Crippen molar-refractivity contribution in [2.75, 3.05) is 0 Å². The topological polar surface area (TPSA) is 15.6 Å². The van der Waals surface area contributed by atoms with E-state index in [-0.39, 0.29) is 0 Å². The van der Waals surface area contributed by atoms with E-state index in [1.165, 1.54) is 36.4 Å². The quantitative estimate of drug-likeness (QED) is 0.637. The van der Waals surface area contributed by atoms with Crippen LogP contribution in [0.5, 0.6) is 0 Å². The van der Waals surface area contributed by atoms with Crippen molar-refractivity contribution in [3.05, 3.63) is 33.3 Å². The van der Waals surface area contributed by atoms with E-state index < -0.39 is 0 Å². The van der Waals surface area contributed by atoms with Crippen molar-refractivity contribution in [2.24, 2.45) is 10.9 Å². The van der Waals surface area contributed by atoms with Gasteiger partial charge in [-0.25, -0.2) is 4.99 Å². The molecule has 2 aliphatic heterocycles. The summed E-state index contributed by atoms with van der Waals surface area (Å²) in [5.74, 6) is 1.84. The van der Waals surface area contributed by atoms with Gasteiger partial charge in [0.15, 0.2) is 0 Å². The van der Waals surface area contributed by atoms with Crippen molar-refractivity contribution in [2.45, 2.75) is 39.2 Å². The lowest BCUT2D eigenvalue weighted by Gasteiger charge is -2.37. The normalized spacial score (nSPS) is 26.5. The predicted molar refractivity (Wildman–Crippen MR) is 84.8 cm³/mol. The maximum Gasteiger partial charge on any atom is 0.113 e. The lowest BCUT2D eigenvalue weighted by molar-refractivity contribution is 0.435. The average Bonchev–Trinajstić information content (AvgIpc) is 2.96. The molecule has 2 heterocycles. The van der Waals surface area contributed by atoms with Crippen molar-refractivity contribution in [3.63, 3.8) is 0 Å². The Morgan fingerprint density at radius 3 is 2.80 bits per heavy atom. The lowest BCUT2D eigenvalue weighted by atomic mass is 9.98. The molecule has 1 saturated heterocycles. The van der Waals surface area contributed by atoms with Crippen LogP contribution in [0.2, 0.25) is 10.0 Å². The lowest BCUT2D eigenvalue weighted by Crippen LogP contribution is -2.37. The molecule has 2 bridgehead atoms. The van der Waals surface area contributed by atoms with Crippen molar-refractivity contribution < 1.29 is 0 Å². The SMILES string of the molecule is CC(C)=C1c2c(Cl)cc(Cl)cc2N=C2C3CCC(C3)N21. The predicted octanol–water partition coefficient (Wildman–Crippen LogP) is 5.27. The van der Waals surface area contributed by atoms with E-state index in [2.05, 4.69) is 18.7 Å². The molecule has 2 unspecified atom stereocenters. The van der Waals surface area contributed by atoms with E-state index in [4.69, 9.17) is 28.2 Å². The van der Waals surface area contributed by atoms with Gasteiger partial charge in [-0.15, -0.1) is 0 Å². The monoisotopic (exact) mass is 306 g/mol. The zero-order valence-electron chi connectivity index (χ0n) is 11.6. The minimum atomic E-state index is 0.601. The average molecular weight is 307 g/mol. The van der Waals surface area contributed by atoms with Crippen LogP contribution in [0.25, 0.3) is 5.70 Å². The van der Waals surface area contributed by atoms with E-state index in [0.29, 0.717) is 22.0 Å². The second-order valence-corrected chi connectivity index (χ2v) is 6.98. The highest BCUT2D eigenvalue weighted by molar-refractivity contribution is 6.36. The van der Waals surface area contributed by atoms with Gasteiger partial charge in [-0.2, -0.15) is 0 Å². The van der Waals surface area contributed by atoms with E-state index in [1.807, 2.05) is 12.1 Å². The number of benzene rings is 1.